The Hall–Kier alpha value is -1.88. The Labute approximate surface area is 106 Å². The lowest BCUT2D eigenvalue weighted by Crippen LogP contribution is -2.33. The van der Waals surface area contributed by atoms with Crippen molar-refractivity contribution in [3.8, 4) is 0 Å². The van der Waals surface area contributed by atoms with Crippen LogP contribution in [-0.4, -0.2) is 23.9 Å². The fourth-order valence-corrected chi connectivity index (χ4v) is 2.02. The van der Waals surface area contributed by atoms with Crippen molar-refractivity contribution in [3.05, 3.63) is 29.3 Å². The van der Waals surface area contributed by atoms with Crippen LogP contribution in [0.1, 0.15) is 24.0 Å². The predicted octanol–water partition coefficient (Wildman–Crippen LogP) is 0.836. The topological polar surface area (TPSA) is 75.4 Å². The summed E-state index contributed by atoms with van der Waals surface area (Å²) in [5.41, 5.74) is 3.12. The van der Waals surface area contributed by atoms with Gasteiger partial charge in [0, 0.05) is 25.6 Å². The largest absolute Gasteiger partial charge is 0.326 e. The van der Waals surface area contributed by atoms with Crippen LogP contribution in [0.4, 0.5) is 5.69 Å². The highest BCUT2D eigenvalue weighted by Crippen LogP contribution is 2.24. The number of benzene rings is 1. The van der Waals surface area contributed by atoms with Gasteiger partial charge in [-0.15, -0.1) is 0 Å². The summed E-state index contributed by atoms with van der Waals surface area (Å²) in [5, 5.41) is 3.95. The van der Waals surface area contributed by atoms with Crippen molar-refractivity contribution < 1.29 is 9.59 Å². The summed E-state index contributed by atoms with van der Waals surface area (Å²) in [7, 11) is 1.55. The van der Waals surface area contributed by atoms with Crippen LogP contribution in [0.2, 0.25) is 0 Å². The van der Waals surface area contributed by atoms with Gasteiger partial charge in [0.15, 0.2) is 0 Å². The molecule has 0 unspecified atom stereocenters. The summed E-state index contributed by atoms with van der Waals surface area (Å²) in [6, 6.07) is 5.89. The first-order valence-electron chi connectivity index (χ1n) is 5.99. The second-order valence-corrected chi connectivity index (χ2v) is 4.54. The fraction of sp³-hybridized carbons (Fsp3) is 0.385. The molecule has 1 heterocycles. The van der Waals surface area contributed by atoms with Gasteiger partial charge in [-0.2, -0.15) is 0 Å². The zero-order chi connectivity index (χ0) is 13.1. The van der Waals surface area contributed by atoms with E-state index in [4.69, 9.17) is 5.84 Å². The summed E-state index contributed by atoms with van der Waals surface area (Å²) in [6.45, 7) is 0. The number of hydrazine groups is 1. The Morgan fingerprint density at radius 3 is 2.94 bits per heavy atom. The number of aryl methyl sites for hydroxylation is 2. The molecule has 0 fully saturated rings. The minimum Gasteiger partial charge on any atom is -0.326 e. The number of rotatable bonds is 3. The van der Waals surface area contributed by atoms with Gasteiger partial charge in [0.1, 0.15) is 0 Å². The molecule has 1 aliphatic rings. The first-order chi connectivity index (χ1) is 8.56. The van der Waals surface area contributed by atoms with E-state index in [1.54, 1.807) is 7.05 Å². The van der Waals surface area contributed by atoms with Crippen molar-refractivity contribution in [2.45, 2.75) is 25.7 Å². The Morgan fingerprint density at radius 1 is 1.44 bits per heavy atom. The Bertz CT molecular complexity index is 483. The van der Waals surface area contributed by atoms with Crippen LogP contribution >= 0.6 is 0 Å². The minimum absolute atomic E-state index is 0.0650. The molecule has 5 nitrogen and oxygen atoms in total. The van der Waals surface area contributed by atoms with E-state index in [0.29, 0.717) is 19.3 Å². The molecule has 0 saturated carbocycles. The zero-order valence-corrected chi connectivity index (χ0v) is 10.4. The van der Waals surface area contributed by atoms with Gasteiger partial charge >= 0.3 is 0 Å². The first kappa shape index (κ1) is 12.6. The minimum atomic E-state index is -0.0824. The molecule has 0 spiro atoms. The van der Waals surface area contributed by atoms with Crippen molar-refractivity contribution in [3.63, 3.8) is 0 Å². The number of nitrogens with two attached hydrogens (primary N) is 1. The molecule has 0 aromatic heterocycles. The van der Waals surface area contributed by atoms with E-state index in [1.807, 2.05) is 12.1 Å². The van der Waals surface area contributed by atoms with E-state index in [0.717, 1.165) is 28.2 Å². The summed E-state index contributed by atoms with van der Waals surface area (Å²) in [6.07, 6.45) is 2.36. The monoisotopic (exact) mass is 247 g/mol. The van der Waals surface area contributed by atoms with Gasteiger partial charge in [0.05, 0.1) is 0 Å². The molecule has 0 aliphatic carbocycles. The molecule has 0 radical (unpaired) electrons. The number of fused-ring (bicyclic) bond motifs is 1. The molecule has 1 aliphatic heterocycles. The van der Waals surface area contributed by atoms with Crippen LogP contribution in [0.3, 0.4) is 0 Å². The zero-order valence-electron chi connectivity index (χ0n) is 10.4. The molecule has 1 aromatic rings. The average Bonchev–Trinajstić information content (AvgIpc) is 2.35. The fourth-order valence-electron chi connectivity index (χ4n) is 2.02. The number of carbonyl (C=O) groups excluding carboxylic acids is 2. The predicted molar refractivity (Wildman–Crippen MR) is 68.7 cm³/mol. The summed E-state index contributed by atoms with van der Waals surface area (Å²) >= 11 is 0. The van der Waals surface area contributed by atoms with E-state index >= 15 is 0 Å². The SMILES string of the molecule is CN(N)C(=O)CCc1ccc2c(c1)CCC(=O)N2. The van der Waals surface area contributed by atoms with Crippen LogP contribution in [0.25, 0.3) is 0 Å². The third kappa shape index (κ3) is 2.87. The lowest BCUT2D eigenvalue weighted by atomic mass is 9.98. The van der Waals surface area contributed by atoms with Crippen LogP contribution < -0.4 is 11.2 Å². The average molecular weight is 247 g/mol. The highest BCUT2D eigenvalue weighted by Gasteiger charge is 2.15. The van der Waals surface area contributed by atoms with Gasteiger partial charge in [-0.25, -0.2) is 5.84 Å². The molecular formula is C13H17N3O2. The van der Waals surface area contributed by atoms with Gasteiger partial charge < -0.3 is 5.32 Å². The molecule has 3 N–H and O–H groups in total. The highest BCUT2D eigenvalue weighted by molar-refractivity contribution is 5.93. The Morgan fingerprint density at radius 2 is 2.22 bits per heavy atom. The normalized spacial score (nSPS) is 13.8. The molecule has 0 saturated heterocycles. The quantitative estimate of drug-likeness (QED) is 0.472. The smallest absolute Gasteiger partial charge is 0.236 e. The maximum absolute atomic E-state index is 11.4. The van der Waals surface area contributed by atoms with Gasteiger partial charge in [-0.1, -0.05) is 12.1 Å². The number of anilines is 1. The van der Waals surface area contributed by atoms with E-state index in [-0.39, 0.29) is 11.8 Å². The summed E-state index contributed by atoms with van der Waals surface area (Å²) in [5.74, 6) is 5.35. The molecule has 0 atom stereocenters. The van der Waals surface area contributed by atoms with Crippen molar-refractivity contribution in [2.24, 2.45) is 5.84 Å². The number of hydrogen-bond donors (Lipinski definition) is 2. The maximum Gasteiger partial charge on any atom is 0.236 e. The lowest BCUT2D eigenvalue weighted by molar-refractivity contribution is -0.130. The van der Waals surface area contributed by atoms with Crippen molar-refractivity contribution in [2.75, 3.05) is 12.4 Å². The Kier molecular flexibility index (Phi) is 3.62. The second-order valence-electron chi connectivity index (χ2n) is 4.54. The van der Waals surface area contributed by atoms with Crippen molar-refractivity contribution >= 4 is 17.5 Å². The molecule has 2 rings (SSSR count). The highest BCUT2D eigenvalue weighted by atomic mass is 16.2. The molecule has 96 valence electrons. The lowest BCUT2D eigenvalue weighted by Gasteiger charge is -2.17. The number of nitrogens with zero attached hydrogens (tertiary/aromatic N) is 1. The van der Waals surface area contributed by atoms with Crippen LogP contribution in [0, 0.1) is 0 Å². The Balaban J connectivity index is 2.03. The van der Waals surface area contributed by atoms with E-state index in [1.165, 1.54) is 0 Å². The van der Waals surface area contributed by atoms with E-state index < -0.39 is 0 Å². The number of hydrogen-bond acceptors (Lipinski definition) is 3. The number of nitrogens with one attached hydrogen (secondary N) is 1. The number of amides is 2. The van der Waals surface area contributed by atoms with Gasteiger partial charge in [0.25, 0.3) is 0 Å². The molecular weight excluding hydrogens is 230 g/mol. The van der Waals surface area contributed by atoms with Crippen molar-refractivity contribution in [1.82, 2.24) is 5.01 Å². The van der Waals surface area contributed by atoms with E-state index in [9.17, 15) is 9.59 Å². The van der Waals surface area contributed by atoms with E-state index in [2.05, 4.69) is 11.4 Å². The van der Waals surface area contributed by atoms with Gasteiger partial charge in [-0.05, 0) is 30.0 Å². The van der Waals surface area contributed by atoms with Crippen LogP contribution in [0.15, 0.2) is 18.2 Å². The molecule has 2 amide bonds. The molecule has 0 bridgehead atoms. The maximum atomic E-state index is 11.4. The standard InChI is InChI=1S/C13H17N3O2/c1-16(14)13(18)7-3-9-2-5-11-10(8-9)4-6-12(17)15-11/h2,5,8H,3-4,6-7,14H2,1H3,(H,15,17). The number of carbonyl (C=O) groups is 2. The first-order valence-corrected chi connectivity index (χ1v) is 5.99. The van der Waals surface area contributed by atoms with Crippen molar-refractivity contribution in [1.29, 1.82) is 0 Å². The third-order valence-electron chi connectivity index (χ3n) is 3.09. The second kappa shape index (κ2) is 5.18. The van der Waals surface area contributed by atoms with Crippen LogP contribution in [0.5, 0.6) is 0 Å². The van der Waals surface area contributed by atoms with Gasteiger partial charge in [0.2, 0.25) is 11.8 Å². The van der Waals surface area contributed by atoms with Crippen LogP contribution in [-0.2, 0) is 22.4 Å². The summed E-state index contributed by atoms with van der Waals surface area (Å²) < 4.78 is 0. The molecule has 5 heteroatoms. The molecule has 1 aromatic carbocycles. The molecule has 18 heavy (non-hydrogen) atoms. The van der Waals surface area contributed by atoms with Gasteiger partial charge in [-0.3, -0.25) is 14.6 Å². The third-order valence-corrected chi connectivity index (χ3v) is 3.09. The summed E-state index contributed by atoms with van der Waals surface area (Å²) in [4.78, 5) is 22.6.